The Kier molecular flexibility index (Phi) is 37.4. The van der Waals surface area contributed by atoms with Crippen LogP contribution in [0, 0.1) is 27.7 Å². The van der Waals surface area contributed by atoms with Gasteiger partial charge in [0.2, 0.25) is 0 Å². The molecule has 11 heteroatoms. The molecule has 6 aromatic carbocycles. The quantitative estimate of drug-likeness (QED) is 0.0167. The second kappa shape index (κ2) is 43.7. The molecule has 0 atom stereocenters. The summed E-state index contributed by atoms with van der Waals surface area (Å²) >= 11 is 0. The van der Waals surface area contributed by atoms with E-state index in [0.717, 1.165) is 70.2 Å². The third-order valence-electron chi connectivity index (χ3n) is 16.2. The molecule has 0 spiro atoms. The third-order valence-corrected chi connectivity index (χ3v) is 16.2. The van der Waals surface area contributed by atoms with Crippen LogP contribution in [-0.4, -0.2) is 57.7 Å². The van der Waals surface area contributed by atoms with Gasteiger partial charge in [-0.15, -0.1) is 0 Å². The number of phenolic OH excluding ortho intramolecular Hbond substituents is 10. The predicted octanol–water partition coefficient (Wildman–Crippen LogP) is 20.7. The Morgan fingerprint density at radius 2 is 0.540 bits per heavy atom. The number of benzene rings is 6. The van der Waals surface area contributed by atoms with E-state index in [0.29, 0.717) is 36.3 Å². The Labute approximate surface area is 523 Å². The molecule has 6 aromatic rings. The fourth-order valence-electron chi connectivity index (χ4n) is 10.7. The molecule has 0 aliphatic carbocycles. The highest BCUT2D eigenvalue weighted by Crippen LogP contribution is 2.34. The molecular weight excluding hydrogens is 1090 g/mol. The van der Waals surface area contributed by atoms with Crippen molar-refractivity contribution in [3.05, 3.63) is 147 Å². The molecule has 87 heavy (non-hydrogen) atoms. The average molecular weight is 1200 g/mol. The van der Waals surface area contributed by atoms with Gasteiger partial charge in [-0.2, -0.15) is 0 Å². The first-order valence-corrected chi connectivity index (χ1v) is 33.1. The van der Waals surface area contributed by atoms with Gasteiger partial charge in [-0.25, -0.2) is 0 Å². The van der Waals surface area contributed by atoms with Crippen molar-refractivity contribution in [2.75, 3.05) is 6.61 Å². The zero-order valence-electron chi connectivity index (χ0n) is 54.4. The minimum absolute atomic E-state index is 0.0548. The van der Waals surface area contributed by atoms with Crippen LogP contribution in [0.1, 0.15) is 256 Å². The standard InChI is InChI=1S/C24H42O2.C22H38O2.C16H18O4.C14H14O3/c1-3-4-5-6-7-8-9-10-11-12-13-14-15-16-17-18-22-19-21(2)23(25)20-24(22)26;1-3-4-5-6-7-8-9-10-11-12-13-14-15-16-20-17-19(2)21(23)18-22(20)24;1-3-20-16-8-11(4-5-13(16)17)7-12-6-10(2)14(18)9-15(12)19;1-9-6-11(14(17)8-13(9)16)7-10-2-4-12(15)5-3-10/h19-20,25-26H,3-18H2,1-2H3;17-18,23-24H,3-16H2,1-2H3;4-6,8-9,17-19H,3,7H2,1-2H3;2-6,8,15-17H,7H2,1H3. The molecule has 482 valence electrons. The molecular formula is C76H112O11. The van der Waals surface area contributed by atoms with Gasteiger partial charge in [-0.1, -0.05) is 199 Å². The van der Waals surface area contributed by atoms with Crippen molar-refractivity contribution in [3.8, 4) is 63.2 Å². The van der Waals surface area contributed by atoms with Gasteiger partial charge < -0.3 is 55.8 Å². The summed E-state index contributed by atoms with van der Waals surface area (Å²) in [5.74, 6) is 1.89. The number of phenols is 10. The van der Waals surface area contributed by atoms with Crippen LogP contribution in [0.4, 0.5) is 0 Å². The third kappa shape index (κ3) is 31.0. The second-order valence-corrected chi connectivity index (χ2v) is 24.0. The highest BCUT2D eigenvalue weighted by Gasteiger charge is 2.12. The topological polar surface area (TPSA) is 212 Å². The Bertz CT molecular complexity index is 2820. The summed E-state index contributed by atoms with van der Waals surface area (Å²) in [7, 11) is 0. The lowest BCUT2D eigenvalue weighted by Crippen LogP contribution is -1.95. The van der Waals surface area contributed by atoms with E-state index < -0.39 is 0 Å². The first-order valence-electron chi connectivity index (χ1n) is 33.1. The molecule has 0 heterocycles. The van der Waals surface area contributed by atoms with Crippen LogP contribution in [0.15, 0.2) is 91.0 Å². The SMILES string of the molecule is CCCCCCCCCCCCCCCCCc1cc(C)c(O)cc1O.CCCCCCCCCCCCCCCc1cc(C)c(O)cc1O.CCOc1cc(Cc2cc(C)c(O)cc2O)ccc1O.Cc1cc(Cc2ccc(O)cc2)c(O)cc1O. The van der Waals surface area contributed by atoms with Gasteiger partial charge in [0, 0.05) is 37.1 Å². The molecule has 0 aliphatic heterocycles. The van der Waals surface area contributed by atoms with Gasteiger partial charge in [-0.05, 0) is 164 Å². The lowest BCUT2D eigenvalue weighted by molar-refractivity contribution is 0.318. The summed E-state index contributed by atoms with van der Waals surface area (Å²) in [5, 5.41) is 96.2. The van der Waals surface area contributed by atoms with Crippen LogP contribution in [-0.2, 0) is 25.7 Å². The van der Waals surface area contributed by atoms with Crippen molar-refractivity contribution >= 4 is 0 Å². The van der Waals surface area contributed by atoms with Crippen molar-refractivity contribution in [2.24, 2.45) is 0 Å². The lowest BCUT2D eigenvalue weighted by Gasteiger charge is -2.10. The van der Waals surface area contributed by atoms with Crippen molar-refractivity contribution in [3.63, 3.8) is 0 Å². The van der Waals surface area contributed by atoms with Crippen molar-refractivity contribution in [2.45, 2.75) is 254 Å². The van der Waals surface area contributed by atoms with E-state index >= 15 is 0 Å². The molecule has 0 amide bonds. The number of aromatic hydroxyl groups is 10. The van der Waals surface area contributed by atoms with E-state index in [2.05, 4.69) is 13.8 Å². The predicted molar refractivity (Wildman–Crippen MR) is 359 cm³/mol. The molecule has 0 unspecified atom stereocenters. The van der Waals surface area contributed by atoms with E-state index in [4.69, 9.17) is 4.74 Å². The fraction of sp³-hybridized carbons (Fsp3) is 0.526. The molecule has 0 aromatic heterocycles. The number of unbranched alkanes of at least 4 members (excludes halogenated alkanes) is 26. The smallest absolute Gasteiger partial charge is 0.161 e. The largest absolute Gasteiger partial charge is 0.508 e. The van der Waals surface area contributed by atoms with E-state index in [-0.39, 0.29) is 57.5 Å². The van der Waals surface area contributed by atoms with Crippen LogP contribution in [0.2, 0.25) is 0 Å². The maximum atomic E-state index is 9.87. The number of aryl methyl sites for hydroxylation is 6. The Balaban J connectivity index is 0.000000307. The summed E-state index contributed by atoms with van der Waals surface area (Å²) in [6, 6.07) is 24.9. The first kappa shape index (κ1) is 74.4. The Hall–Kier alpha value is -6.88. The molecule has 0 bridgehead atoms. The van der Waals surface area contributed by atoms with Gasteiger partial charge in [0.1, 0.15) is 51.7 Å². The number of hydrogen-bond donors (Lipinski definition) is 10. The van der Waals surface area contributed by atoms with E-state index in [1.165, 1.54) is 191 Å². The summed E-state index contributed by atoms with van der Waals surface area (Å²) in [6.45, 7) is 14.2. The van der Waals surface area contributed by atoms with Crippen molar-refractivity contribution in [1.82, 2.24) is 0 Å². The van der Waals surface area contributed by atoms with Gasteiger partial charge in [0.05, 0.1) is 6.61 Å². The molecule has 0 fully saturated rings. The molecule has 6 rings (SSSR count). The maximum absolute atomic E-state index is 9.87. The monoisotopic (exact) mass is 1200 g/mol. The zero-order valence-corrected chi connectivity index (χ0v) is 54.4. The number of hydrogen-bond acceptors (Lipinski definition) is 11. The zero-order chi connectivity index (χ0) is 63.8. The lowest BCUT2D eigenvalue weighted by atomic mass is 10.0. The normalized spacial score (nSPS) is 10.8. The molecule has 0 aliphatic rings. The van der Waals surface area contributed by atoms with Crippen molar-refractivity contribution < 1.29 is 55.8 Å². The minimum atomic E-state index is 0.0548. The highest BCUT2D eigenvalue weighted by molar-refractivity contribution is 5.50. The first-order chi connectivity index (χ1) is 41.9. The maximum Gasteiger partial charge on any atom is 0.161 e. The summed E-state index contributed by atoms with van der Waals surface area (Å²) in [6.07, 6.45) is 41.0. The molecule has 0 saturated heterocycles. The van der Waals surface area contributed by atoms with Gasteiger partial charge in [-0.3, -0.25) is 0 Å². The van der Waals surface area contributed by atoms with E-state index in [1.54, 1.807) is 68.4 Å². The summed E-state index contributed by atoms with van der Waals surface area (Å²) in [5.41, 5.74) is 8.44. The molecule has 0 radical (unpaired) electrons. The summed E-state index contributed by atoms with van der Waals surface area (Å²) < 4.78 is 5.34. The highest BCUT2D eigenvalue weighted by atomic mass is 16.5. The van der Waals surface area contributed by atoms with Crippen LogP contribution in [0.25, 0.3) is 0 Å². The Morgan fingerprint density at radius 1 is 0.264 bits per heavy atom. The van der Waals surface area contributed by atoms with Crippen LogP contribution < -0.4 is 4.74 Å². The molecule has 11 nitrogen and oxygen atoms in total. The van der Waals surface area contributed by atoms with E-state index in [9.17, 15) is 51.1 Å². The van der Waals surface area contributed by atoms with Gasteiger partial charge in [0.15, 0.2) is 11.5 Å². The molecule has 0 saturated carbocycles. The average Bonchev–Trinajstić information content (AvgIpc) is 3.38. The number of rotatable bonds is 36. The fourth-order valence-corrected chi connectivity index (χ4v) is 10.7. The second-order valence-electron chi connectivity index (χ2n) is 24.0. The van der Waals surface area contributed by atoms with E-state index in [1.807, 2.05) is 32.9 Å². The van der Waals surface area contributed by atoms with Crippen LogP contribution in [0.3, 0.4) is 0 Å². The Morgan fingerprint density at radius 3 is 0.862 bits per heavy atom. The minimum Gasteiger partial charge on any atom is -0.508 e. The van der Waals surface area contributed by atoms with Gasteiger partial charge in [0.25, 0.3) is 0 Å². The summed E-state index contributed by atoms with van der Waals surface area (Å²) in [4.78, 5) is 0. The number of ether oxygens (including phenoxy) is 1. The van der Waals surface area contributed by atoms with Gasteiger partial charge >= 0.3 is 0 Å². The van der Waals surface area contributed by atoms with Crippen molar-refractivity contribution in [1.29, 1.82) is 0 Å². The van der Waals surface area contributed by atoms with Crippen LogP contribution >= 0.6 is 0 Å². The van der Waals surface area contributed by atoms with Crippen LogP contribution in [0.5, 0.6) is 63.2 Å². The molecule has 10 N–H and O–H groups in total.